The Hall–Kier alpha value is -3.10. The van der Waals surface area contributed by atoms with Crippen molar-refractivity contribution in [3.63, 3.8) is 0 Å². The molecule has 2 saturated heterocycles. The molecule has 1 N–H and O–H groups in total. The van der Waals surface area contributed by atoms with Crippen LogP contribution in [0.15, 0.2) is 48.5 Å². The Labute approximate surface area is 193 Å². The van der Waals surface area contributed by atoms with Crippen LogP contribution in [0.25, 0.3) is 0 Å². The number of ether oxygens (including phenoxy) is 4. The summed E-state index contributed by atoms with van der Waals surface area (Å²) in [5.41, 5.74) is 0.960. The van der Waals surface area contributed by atoms with Crippen LogP contribution in [0.3, 0.4) is 0 Å². The van der Waals surface area contributed by atoms with E-state index < -0.39 is 5.41 Å². The molecular formula is C25H30N2O6. The van der Waals surface area contributed by atoms with Crippen LogP contribution in [0.1, 0.15) is 18.4 Å². The number of hydrogen-bond donors (Lipinski definition) is 1. The number of rotatable bonds is 7. The van der Waals surface area contributed by atoms with E-state index in [-0.39, 0.29) is 18.4 Å². The largest absolute Gasteiger partial charge is 0.497 e. The SMILES string of the molecule is COc1ccc(C2(C(=O)Nc3ccc(OCC(=O)N4CCOCC4)cc3)CCOCC2)cc1. The third kappa shape index (κ3) is 5.46. The molecule has 2 amide bonds. The predicted octanol–water partition coefficient (Wildman–Crippen LogP) is 2.62. The lowest BCUT2D eigenvalue weighted by Gasteiger charge is -2.36. The van der Waals surface area contributed by atoms with E-state index in [9.17, 15) is 9.59 Å². The van der Waals surface area contributed by atoms with Crippen molar-refractivity contribution < 1.29 is 28.5 Å². The molecule has 2 aliphatic rings. The van der Waals surface area contributed by atoms with E-state index >= 15 is 0 Å². The van der Waals surface area contributed by atoms with E-state index in [0.717, 1.165) is 11.3 Å². The highest BCUT2D eigenvalue weighted by molar-refractivity contribution is 5.99. The number of methoxy groups -OCH3 is 1. The van der Waals surface area contributed by atoms with Crippen molar-refractivity contribution in [2.45, 2.75) is 18.3 Å². The van der Waals surface area contributed by atoms with Gasteiger partial charge in [0.15, 0.2) is 6.61 Å². The number of hydrogen-bond acceptors (Lipinski definition) is 6. The summed E-state index contributed by atoms with van der Waals surface area (Å²) in [6.07, 6.45) is 1.21. The number of amides is 2. The van der Waals surface area contributed by atoms with Crippen LogP contribution < -0.4 is 14.8 Å². The molecule has 0 saturated carbocycles. The van der Waals surface area contributed by atoms with Crippen LogP contribution in [0.2, 0.25) is 0 Å². The number of benzene rings is 2. The Morgan fingerprint density at radius 2 is 1.52 bits per heavy atom. The van der Waals surface area contributed by atoms with Gasteiger partial charge in [0.1, 0.15) is 11.5 Å². The van der Waals surface area contributed by atoms with Crippen molar-refractivity contribution in [1.82, 2.24) is 4.90 Å². The fraction of sp³-hybridized carbons (Fsp3) is 0.440. The molecule has 0 aromatic heterocycles. The first-order valence-electron chi connectivity index (χ1n) is 11.2. The number of anilines is 1. The summed E-state index contributed by atoms with van der Waals surface area (Å²) < 4.78 is 21.7. The van der Waals surface area contributed by atoms with Crippen LogP contribution in [0.5, 0.6) is 11.5 Å². The van der Waals surface area contributed by atoms with Gasteiger partial charge in [0.2, 0.25) is 5.91 Å². The molecular weight excluding hydrogens is 424 g/mol. The lowest BCUT2D eigenvalue weighted by Crippen LogP contribution is -2.44. The Morgan fingerprint density at radius 1 is 0.909 bits per heavy atom. The van der Waals surface area contributed by atoms with Gasteiger partial charge < -0.3 is 29.2 Å². The Bertz CT molecular complexity index is 932. The second kappa shape index (κ2) is 10.7. The molecule has 2 aliphatic heterocycles. The number of nitrogens with zero attached hydrogens (tertiary/aromatic N) is 1. The van der Waals surface area contributed by atoms with Crippen molar-refractivity contribution in [3.8, 4) is 11.5 Å². The maximum Gasteiger partial charge on any atom is 0.260 e. The molecule has 0 radical (unpaired) electrons. The first-order chi connectivity index (χ1) is 16.1. The number of nitrogens with one attached hydrogen (secondary N) is 1. The third-order valence-electron chi connectivity index (χ3n) is 6.26. The first kappa shape index (κ1) is 23.1. The summed E-state index contributed by atoms with van der Waals surface area (Å²) in [6, 6.07) is 14.7. The molecule has 2 fully saturated rings. The molecule has 0 aliphatic carbocycles. The van der Waals surface area contributed by atoms with Crippen molar-refractivity contribution in [2.24, 2.45) is 0 Å². The van der Waals surface area contributed by atoms with Crippen LogP contribution in [0.4, 0.5) is 5.69 Å². The van der Waals surface area contributed by atoms with E-state index in [1.54, 1.807) is 36.3 Å². The lowest BCUT2D eigenvalue weighted by atomic mass is 9.73. The normalized spacial score (nSPS) is 17.8. The molecule has 8 nitrogen and oxygen atoms in total. The lowest BCUT2D eigenvalue weighted by molar-refractivity contribution is -0.137. The van der Waals surface area contributed by atoms with Crippen molar-refractivity contribution in [1.29, 1.82) is 0 Å². The molecule has 0 unspecified atom stereocenters. The van der Waals surface area contributed by atoms with Gasteiger partial charge in [0, 0.05) is 32.0 Å². The van der Waals surface area contributed by atoms with Crippen LogP contribution >= 0.6 is 0 Å². The molecule has 2 heterocycles. The van der Waals surface area contributed by atoms with E-state index in [0.29, 0.717) is 63.8 Å². The summed E-state index contributed by atoms with van der Waals surface area (Å²) in [5, 5.41) is 3.05. The summed E-state index contributed by atoms with van der Waals surface area (Å²) in [6.45, 7) is 3.34. The van der Waals surface area contributed by atoms with Crippen LogP contribution in [0, 0.1) is 0 Å². The van der Waals surface area contributed by atoms with Gasteiger partial charge in [-0.05, 0) is 54.8 Å². The van der Waals surface area contributed by atoms with Gasteiger partial charge in [-0.15, -0.1) is 0 Å². The zero-order valence-electron chi connectivity index (χ0n) is 18.9. The van der Waals surface area contributed by atoms with E-state index in [2.05, 4.69) is 5.32 Å². The topological polar surface area (TPSA) is 86.3 Å². The summed E-state index contributed by atoms with van der Waals surface area (Å²) in [7, 11) is 1.62. The molecule has 176 valence electrons. The van der Waals surface area contributed by atoms with Crippen molar-refractivity contribution in [2.75, 3.05) is 58.6 Å². The molecule has 0 spiro atoms. The van der Waals surface area contributed by atoms with Gasteiger partial charge in [-0.25, -0.2) is 0 Å². The van der Waals surface area contributed by atoms with Crippen molar-refractivity contribution in [3.05, 3.63) is 54.1 Å². The number of carbonyl (C=O) groups excluding carboxylic acids is 2. The van der Waals surface area contributed by atoms with Gasteiger partial charge in [-0.3, -0.25) is 9.59 Å². The Kier molecular flexibility index (Phi) is 7.47. The average molecular weight is 455 g/mol. The maximum absolute atomic E-state index is 13.4. The smallest absolute Gasteiger partial charge is 0.260 e. The zero-order chi connectivity index (χ0) is 23.1. The minimum atomic E-state index is -0.662. The summed E-state index contributed by atoms with van der Waals surface area (Å²) in [5.74, 6) is 1.21. The van der Waals surface area contributed by atoms with E-state index in [4.69, 9.17) is 18.9 Å². The summed E-state index contributed by atoms with van der Waals surface area (Å²) >= 11 is 0. The van der Waals surface area contributed by atoms with Crippen LogP contribution in [-0.4, -0.2) is 69.9 Å². The maximum atomic E-state index is 13.4. The first-order valence-corrected chi connectivity index (χ1v) is 11.2. The quantitative estimate of drug-likeness (QED) is 0.692. The second-order valence-electron chi connectivity index (χ2n) is 8.18. The monoisotopic (exact) mass is 454 g/mol. The molecule has 2 aromatic rings. The van der Waals surface area contributed by atoms with Gasteiger partial charge in [-0.2, -0.15) is 0 Å². The molecule has 8 heteroatoms. The zero-order valence-corrected chi connectivity index (χ0v) is 18.9. The molecule has 33 heavy (non-hydrogen) atoms. The third-order valence-corrected chi connectivity index (χ3v) is 6.26. The Balaban J connectivity index is 1.39. The van der Waals surface area contributed by atoms with Gasteiger partial charge in [-0.1, -0.05) is 12.1 Å². The molecule has 0 bridgehead atoms. The fourth-order valence-corrected chi connectivity index (χ4v) is 4.21. The van der Waals surface area contributed by atoms with E-state index in [1.807, 2.05) is 24.3 Å². The van der Waals surface area contributed by atoms with Gasteiger partial charge in [0.25, 0.3) is 5.91 Å². The van der Waals surface area contributed by atoms with Gasteiger partial charge >= 0.3 is 0 Å². The predicted molar refractivity (Wildman–Crippen MR) is 123 cm³/mol. The summed E-state index contributed by atoms with van der Waals surface area (Å²) in [4.78, 5) is 27.4. The molecule has 0 atom stereocenters. The standard InChI is InChI=1S/C25H30N2O6/c1-30-21-6-2-19(3-7-21)25(10-14-31-15-11-25)24(29)26-20-4-8-22(9-5-20)33-18-23(28)27-12-16-32-17-13-27/h2-9H,10-18H2,1H3,(H,26,29). The van der Waals surface area contributed by atoms with E-state index in [1.165, 1.54) is 0 Å². The molecule has 4 rings (SSSR count). The fourth-order valence-electron chi connectivity index (χ4n) is 4.21. The number of morpholine rings is 1. The number of carbonyl (C=O) groups is 2. The average Bonchev–Trinajstić information content (AvgIpc) is 2.89. The van der Waals surface area contributed by atoms with Crippen LogP contribution in [-0.2, 0) is 24.5 Å². The minimum absolute atomic E-state index is 0.0215. The van der Waals surface area contributed by atoms with Gasteiger partial charge in [0.05, 0.1) is 25.7 Å². The highest BCUT2D eigenvalue weighted by Crippen LogP contribution is 2.37. The molecule has 2 aromatic carbocycles. The highest BCUT2D eigenvalue weighted by Gasteiger charge is 2.41. The highest BCUT2D eigenvalue weighted by atomic mass is 16.5. The minimum Gasteiger partial charge on any atom is -0.497 e. The Morgan fingerprint density at radius 3 is 2.15 bits per heavy atom. The second-order valence-corrected chi connectivity index (χ2v) is 8.18. The van der Waals surface area contributed by atoms with Crippen molar-refractivity contribution >= 4 is 17.5 Å².